The Bertz CT molecular complexity index is 1240. The van der Waals surface area contributed by atoms with Crippen LogP contribution in [0.4, 0.5) is 5.82 Å². The average Bonchev–Trinajstić information content (AvgIpc) is 3.18. The maximum atomic E-state index is 10.3. The molecule has 33 heavy (non-hydrogen) atoms. The fraction of sp³-hybridized carbons (Fsp3) is 0.240. The van der Waals surface area contributed by atoms with Crippen LogP contribution in [-0.4, -0.2) is 51.3 Å². The highest BCUT2D eigenvalue weighted by molar-refractivity contribution is 9.10. The molecule has 3 aromatic rings. The van der Waals surface area contributed by atoms with Crippen molar-refractivity contribution >= 4 is 27.4 Å². The minimum absolute atomic E-state index is 0.179. The summed E-state index contributed by atoms with van der Waals surface area (Å²) in [5, 5.41) is 27.4. The number of halogens is 1. The number of nitriles is 1. The number of hydrogen-bond acceptors (Lipinski definition) is 6. The average molecular weight is 507 g/mol. The molecule has 0 bridgehead atoms. The third-order valence-corrected chi connectivity index (χ3v) is 5.67. The Balaban J connectivity index is 1.70. The zero-order valence-corrected chi connectivity index (χ0v) is 20.4. The predicted octanol–water partition coefficient (Wildman–Crippen LogP) is 5.18. The van der Waals surface area contributed by atoms with E-state index in [9.17, 15) is 10.4 Å². The third kappa shape index (κ3) is 5.89. The topological polar surface area (TPSA) is 89.5 Å². The fourth-order valence-corrected chi connectivity index (χ4v) is 3.85. The number of phenols is 1. The van der Waals surface area contributed by atoms with Crippen LogP contribution in [0.15, 0.2) is 77.0 Å². The van der Waals surface area contributed by atoms with Crippen LogP contribution >= 0.6 is 15.9 Å². The summed E-state index contributed by atoms with van der Waals surface area (Å²) in [4.78, 5) is 6.84. The van der Waals surface area contributed by atoms with Crippen molar-refractivity contribution in [1.82, 2.24) is 19.5 Å². The number of benzene rings is 1. The van der Waals surface area contributed by atoms with E-state index in [1.807, 2.05) is 44.3 Å². The van der Waals surface area contributed by atoms with Gasteiger partial charge in [-0.2, -0.15) is 14.9 Å². The first kappa shape index (κ1) is 24.2. The van der Waals surface area contributed by atoms with E-state index < -0.39 is 0 Å². The highest BCUT2D eigenvalue weighted by Crippen LogP contribution is 2.31. The second-order valence-electron chi connectivity index (χ2n) is 7.54. The molecule has 1 aromatic carbocycles. The molecule has 0 spiro atoms. The summed E-state index contributed by atoms with van der Waals surface area (Å²) in [6.07, 6.45) is 8.08. The lowest BCUT2D eigenvalue weighted by atomic mass is 10.1. The smallest absolute Gasteiger partial charge is 0.172 e. The molecule has 8 heteroatoms. The zero-order valence-electron chi connectivity index (χ0n) is 18.8. The Morgan fingerprint density at radius 1 is 1.39 bits per heavy atom. The summed E-state index contributed by atoms with van der Waals surface area (Å²) in [5.41, 5.74) is 3.55. The summed E-state index contributed by atoms with van der Waals surface area (Å²) in [6.45, 7) is 7.90. The van der Waals surface area contributed by atoms with Crippen LogP contribution in [0.5, 0.6) is 5.75 Å². The van der Waals surface area contributed by atoms with Gasteiger partial charge in [0.2, 0.25) is 0 Å². The Kier molecular flexibility index (Phi) is 8.41. The summed E-state index contributed by atoms with van der Waals surface area (Å²) in [5.74, 6) is 0.971. The molecular weight excluding hydrogens is 480 g/mol. The molecule has 7 nitrogen and oxygen atoms in total. The molecule has 0 radical (unpaired) electrons. The molecule has 0 atom stereocenters. The van der Waals surface area contributed by atoms with Gasteiger partial charge >= 0.3 is 0 Å². The van der Waals surface area contributed by atoms with Gasteiger partial charge in [-0.3, -0.25) is 0 Å². The van der Waals surface area contributed by atoms with Crippen molar-refractivity contribution in [2.24, 2.45) is 0 Å². The lowest BCUT2D eigenvalue weighted by Crippen LogP contribution is -2.24. The van der Waals surface area contributed by atoms with E-state index in [1.165, 1.54) is 0 Å². The quantitative estimate of drug-likeness (QED) is 0.223. The molecule has 0 aliphatic carbocycles. The predicted molar refractivity (Wildman–Crippen MR) is 136 cm³/mol. The summed E-state index contributed by atoms with van der Waals surface area (Å²) in [7, 11) is 2.03. The van der Waals surface area contributed by atoms with Crippen molar-refractivity contribution < 1.29 is 5.11 Å². The number of anilines is 1. The monoisotopic (exact) mass is 506 g/mol. The summed E-state index contributed by atoms with van der Waals surface area (Å²) < 4.78 is 2.52. The number of phenolic OH excluding ortho intramolecular Hbond substituents is 1. The van der Waals surface area contributed by atoms with Crippen LogP contribution in [0.1, 0.15) is 13.3 Å². The van der Waals surface area contributed by atoms with Crippen LogP contribution in [0.25, 0.3) is 16.9 Å². The number of nitrogens with zero attached hydrogens (tertiary/aromatic N) is 5. The molecule has 0 aliphatic heterocycles. The van der Waals surface area contributed by atoms with Crippen LogP contribution in [-0.2, 0) is 0 Å². The van der Waals surface area contributed by atoms with E-state index in [1.54, 1.807) is 28.9 Å². The van der Waals surface area contributed by atoms with Crippen LogP contribution in [0.2, 0.25) is 0 Å². The van der Waals surface area contributed by atoms with Crippen molar-refractivity contribution in [3.8, 4) is 23.1 Å². The van der Waals surface area contributed by atoms with Crippen LogP contribution in [0, 0.1) is 11.3 Å². The van der Waals surface area contributed by atoms with E-state index in [0.29, 0.717) is 29.0 Å². The Morgan fingerprint density at radius 2 is 2.18 bits per heavy atom. The van der Waals surface area contributed by atoms with Gasteiger partial charge < -0.3 is 15.3 Å². The van der Waals surface area contributed by atoms with Crippen molar-refractivity contribution in [1.29, 1.82) is 5.26 Å². The Hall–Kier alpha value is -3.41. The number of fused-ring (bicyclic) bond motifs is 1. The van der Waals surface area contributed by atoms with Gasteiger partial charge in [-0.15, -0.1) is 0 Å². The molecule has 2 heterocycles. The van der Waals surface area contributed by atoms with Crippen molar-refractivity contribution in [3.63, 3.8) is 0 Å². The number of likely N-dealkylation sites (N-methyl/N-ethyl adjacent to an activating group) is 1. The standard InChI is InChI=1S/C25H27BrN6O/c1-4-9-19(18(5-2)15-27)17-31(3)13-8-12-28-24-14-22(20-10-6-7-11-23(20)33)30-25-21(26)16-29-32(24)25/h4-7,9-11,14,16,28,33H,2,8,12-13,17H2,1,3H3/b9-4-,19-18-. The molecule has 2 N–H and O–H groups in total. The Morgan fingerprint density at radius 3 is 2.88 bits per heavy atom. The molecule has 2 aromatic heterocycles. The largest absolute Gasteiger partial charge is 0.507 e. The molecule has 0 amide bonds. The first-order chi connectivity index (χ1) is 16.0. The number of nitrogens with one attached hydrogen (secondary N) is 1. The van der Waals surface area contributed by atoms with Gasteiger partial charge in [-0.25, -0.2) is 4.98 Å². The minimum atomic E-state index is 0.179. The lowest BCUT2D eigenvalue weighted by Gasteiger charge is -2.18. The molecule has 3 rings (SSSR count). The van der Waals surface area contributed by atoms with Gasteiger partial charge in [0.1, 0.15) is 11.6 Å². The van der Waals surface area contributed by atoms with E-state index in [4.69, 9.17) is 0 Å². The maximum Gasteiger partial charge on any atom is 0.172 e. The molecule has 0 aliphatic rings. The maximum absolute atomic E-state index is 10.3. The molecular formula is C25H27BrN6O. The van der Waals surface area contributed by atoms with Crippen molar-refractivity contribution in [2.45, 2.75) is 13.3 Å². The van der Waals surface area contributed by atoms with Gasteiger partial charge in [-0.05, 0) is 60.6 Å². The normalized spacial score (nSPS) is 12.2. The number of aromatic hydroxyl groups is 1. The SMILES string of the molecule is C=C/C(C#N)=C(\C=C/C)CN(C)CCCNc1cc(-c2ccccc2O)nc2c(Br)cnn12. The molecule has 0 saturated heterocycles. The number of aromatic nitrogens is 3. The molecule has 0 saturated carbocycles. The van der Waals surface area contributed by atoms with Crippen molar-refractivity contribution in [3.05, 3.63) is 77.0 Å². The van der Waals surface area contributed by atoms with Gasteiger partial charge in [0.05, 0.1) is 28.0 Å². The number of hydrogen-bond donors (Lipinski definition) is 2. The third-order valence-electron chi connectivity index (χ3n) is 5.11. The fourth-order valence-electron chi connectivity index (χ4n) is 3.50. The van der Waals surface area contributed by atoms with Crippen molar-refractivity contribution in [2.75, 3.05) is 32.0 Å². The summed E-state index contributed by atoms with van der Waals surface area (Å²) >= 11 is 3.50. The molecule has 0 fully saturated rings. The first-order valence-electron chi connectivity index (χ1n) is 10.6. The lowest BCUT2D eigenvalue weighted by molar-refractivity contribution is 0.362. The number of allylic oxidation sites excluding steroid dienone is 3. The number of para-hydroxylation sites is 1. The highest BCUT2D eigenvalue weighted by Gasteiger charge is 2.13. The highest BCUT2D eigenvalue weighted by atomic mass is 79.9. The zero-order chi connectivity index (χ0) is 23.8. The minimum Gasteiger partial charge on any atom is -0.507 e. The second-order valence-corrected chi connectivity index (χ2v) is 8.40. The van der Waals surface area contributed by atoms with Gasteiger partial charge in [0.15, 0.2) is 5.65 Å². The second kappa shape index (κ2) is 11.5. The molecule has 0 unspecified atom stereocenters. The number of rotatable bonds is 10. The van der Waals surface area contributed by atoms with E-state index in [2.05, 4.69) is 48.9 Å². The van der Waals surface area contributed by atoms with Crippen LogP contribution in [0.3, 0.4) is 0 Å². The Labute approximate surface area is 202 Å². The van der Waals surface area contributed by atoms with Gasteiger partial charge in [0, 0.05) is 24.7 Å². The summed E-state index contributed by atoms with van der Waals surface area (Å²) in [6, 6.07) is 11.2. The van der Waals surface area contributed by atoms with E-state index >= 15 is 0 Å². The van der Waals surface area contributed by atoms with E-state index in [-0.39, 0.29) is 5.75 Å². The van der Waals surface area contributed by atoms with Gasteiger partial charge in [-0.1, -0.05) is 36.9 Å². The van der Waals surface area contributed by atoms with Crippen LogP contribution < -0.4 is 5.32 Å². The van der Waals surface area contributed by atoms with E-state index in [0.717, 1.165) is 35.4 Å². The van der Waals surface area contributed by atoms with Gasteiger partial charge in [0.25, 0.3) is 0 Å². The first-order valence-corrected chi connectivity index (χ1v) is 11.4. The molecule has 170 valence electrons.